The SMILES string of the molecule is CC/C=C\C/C=C\C/C=C\C/C=C\C/C=C\CCCCCC(=O)O[C@H](COC(=O)CCC/C=C\C/C=C\C/C=C\C/C=C\CCCCC)COP(=O)(O)OC[C@@H](O)COP(=O)(O)OC[C@@H](COC(=O)CCCCCCCCCCCCCCC)OC(=O)CCC/C=C\C/C=C\C/C=C\C/C=C\CCCCC. The van der Waals surface area contributed by atoms with E-state index >= 15 is 0 Å². The first-order valence-electron chi connectivity index (χ1n) is 40.7. The third kappa shape index (κ3) is 76.9. The van der Waals surface area contributed by atoms with Crippen LogP contribution in [0.25, 0.3) is 0 Å². The lowest BCUT2D eigenvalue weighted by atomic mass is 10.0. The van der Waals surface area contributed by atoms with Gasteiger partial charge in [0, 0.05) is 25.7 Å². The summed E-state index contributed by atoms with van der Waals surface area (Å²) in [5.74, 6) is -2.35. The predicted molar refractivity (Wildman–Crippen MR) is 436 cm³/mol. The van der Waals surface area contributed by atoms with Crippen LogP contribution in [-0.4, -0.2) is 96.7 Å². The fourth-order valence-electron chi connectivity index (χ4n) is 10.3. The van der Waals surface area contributed by atoms with Gasteiger partial charge in [0.25, 0.3) is 0 Å². The number of allylic oxidation sites excluding steroid dienone is 26. The van der Waals surface area contributed by atoms with Crippen molar-refractivity contribution >= 4 is 39.5 Å². The van der Waals surface area contributed by atoms with Crippen LogP contribution in [0.3, 0.4) is 0 Å². The van der Waals surface area contributed by atoms with E-state index in [-0.39, 0.29) is 25.7 Å². The minimum absolute atomic E-state index is 0.0147. The molecule has 0 aliphatic heterocycles. The van der Waals surface area contributed by atoms with Gasteiger partial charge in [-0.3, -0.25) is 37.3 Å². The average Bonchev–Trinajstić information content (AvgIpc) is 0.899. The second-order valence-electron chi connectivity index (χ2n) is 26.6. The number of hydrogen-bond acceptors (Lipinski definition) is 15. The van der Waals surface area contributed by atoms with Gasteiger partial charge in [-0.1, -0.05) is 295 Å². The molecule has 604 valence electrons. The van der Waals surface area contributed by atoms with E-state index in [1.807, 2.05) is 24.3 Å². The van der Waals surface area contributed by atoms with E-state index in [0.29, 0.717) is 38.5 Å². The summed E-state index contributed by atoms with van der Waals surface area (Å²) in [7, 11) is -10.0. The van der Waals surface area contributed by atoms with Gasteiger partial charge in [0.1, 0.15) is 19.3 Å². The zero-order valence-electron chi connectivity index (χ0n) is 66.1. The average molecular weight is 1520 g/mol. The van der Waals surface area contributed by atoms with Gasteiger partial charge in [0.2, 0.25) is 0 Å². The molecule has 0 saturated heterocycles. The standard InChI is InChI=1S/C87H144O17P2/c1-5-9-13-17-21-25-29-33-36-39-40-43-46-50-54-58-62-66-70-74-87(92)104-83(78-98-85(90)72-68-64-60-56-52-48-44-41-37-34-30-26-22-18-14-10-6-2)80-102-106(95,96)100-76-81(88)75-99-105(93,94)101-79-82(77-97-84(89)71-67-63-59-55-51-47-32-28-24-20-16-12-8-4)103-86(91)73-69-65-61-57-53-49-45-42-38-35-31-27-23-19-15-11-7-3/h9,13,21-23,25-27,33-38,40,43-45,48-50,54,56-57,60-61,81-83,88H,5-8,10-12,14-20,24,28-32,39,41-42,46-47,51-53,55,58-59,62-80H2,1-4H3,(H,93,94)(H,95,96)/b13-9-,25-21-,26-22-,27-23-,36-33-,37-34-,38-35-,43-40-,48-44-,49-45-,54-50-,60-56-,61-57-/t81-,82+,83+/m0/s1. The van der Waals surface area contributed by atoms with Crippen LogP contribution in [0.5, 0.6) is 0 Å². The van der Waals surface area contributed by atoms with E-state index in [9.17, 15) is 43.2 Å². The number of carbonyl (C=O) groups is 4. The number of unbranched alkanes of at least 4 members (excludes halogenated alkanes) is 23. The van der Waals surface area contributed by atoms with Crippen LogP contribution in [0, 0.1) is 0 Å². The Kier molecular flexibility index (Phi) is 73.9. The van der Waals surface area contributed by atoms with Crippen molar-refractivity contribution in [3.8, 4) is 0 Å². The number of esters is 4. The molecule has 0 aliphatic carbocycles. The zero-order valence-corrected chi connectivity index (χ0v) is 67.8. The second-order valence-corrected chi connectivity index (χ2v) is 29.5. The van der Waals surface area contributed by atoms with Gasteiger partial charge in [-0.15, -0.1) is 0 Å². The van der Waals surface area contributed by atoms with Crippen molar-refractivity contribution in [3.05, 3.63) is 158 Å². The van der Waals surface area contributed by atoms with Gasteiger partial charge in [0.15, 0.2) is 12.2 Å². The third-order valence-corrected chi connectivity index (χ3v) is 18.4. The summed E-state index contributed by atoms with van der Waals surface area (Å²) in [6.45, 7) is 4.54. The largest absolute Gasteiger partial charge is 0.472 e. The molecule has 0 spiro atoms. The van der Waals surface area contributed by atoms with Gasteiger partial charge in [-0.2, -0.15) is 0 Å². The Balaban J connectivity index is 5.51. The van der Waals surface area contributed by atoms with Crippen molar-refractivity contribution in [2.45, 2.75) is 329 Å². The van der Waals surface area contributed by atoms with Crippen LogP contribution in [-0.2, 0) is 65.4 Å². The van der Waals surface area contributed by atoms with E-state index in [1.165, 1.54) is 89.9 Å². The molecule has 0 bridgehead atoms. The van der Waals surface area contributed by atoms with E-state index in [2.05, 4.69) is 161 Å². The van der Waals surface area contributed by atoms with Gasteiger partial charge < -0.3 is 33.8 Å². The summed E-state index contributed by atoms with van der Waals surface area (Å²) in [4.78, 5) is 73.0. The van der Waals surface area contributed by atoms with E-state index < -0.39 is 97.5 Å². The molecule has 0 rings (SSSR count). The first-order chi connectivity index (χ1) is 51.7. The summed E-state index contributed by atoms with van der Waals surface area (Å²) in [5, 5.41) is 10.6. The smallest absolute Gasteiger partial charge is 0.462 e. The molecule has 3 N–H and O–H groups in total. The van der Waals surface area contributed by atoms with Crippen LogP contribution in [0.4, 0.5) is 0 Å². The monoisotopic (exact) mass is 1520 g/mol. The number of phosphoric ester groups is 2. The molecule has 0 aromatic carbocycles. The minimum Gasteiger partial charge on any atom is -0.462 e. The first-order valence-corrected chi connectivity index (χ1v) is 43.7. The number of aliphatic hydroxyl groups excluding tert-OH is 1. The van der Waals surface area contributed by atoms with Gasteiger partial charge in [0.05, 0.1) is 26.4 Å². The van der Waals surface area contributed by atoms with Gasteiger partial charge in [-0.05, 0) is 148 Å². The molecule has 0 aromatic heterocycles. The Morgan fingerprint density at radius 1 is 0.274 bits per heavy atom. The molecular weight excluding hydrogens is 1380 g/mol. The fraction of sp³-hybridized carbons (Fsp3) is 0.655. The molecule has 0 radical (unpaired) electrons. The topological polar surface area (TPSA) is 237 Å². The maximum absolute atomic E-state index is 13.1. The molecular formula is C87H144O17P2. The molecule has 0 saturated carbocycles. The summed E-state index contributed by atoms with van der Waals surface area (Å²) in [5.41, 5.74) is 0. The zero-order chi connectivity index (χ0) is 77.4. The van der Waals surface area contributed by atoms with Crippen molar-refractivity contribution in [3.63, 3.8) is 0 Å². The van der Waals surface area contributed by atoms with Crippen molar-refractivity contribution in [1.82, 2.24) is 0 Å². The number of phosphoric acid groups is 2. The van der Waals surface area contributed by atoms with Crippen LogP contribution in [0.2, 0.25) is 0 Å². The van der Waals surface area contributed by atoms with E-state index in [4.69, 9.17) is 37.0 Å². The lowest BCUT2D eigenvalue weighted by Gasteiger charge is -2.21. The van der Waals surface area contributed by atoms with Crippen LogP contribution in [0.1, 0.15) is 310 Å². The highest BCUT2D eigenvalue weighted by molar-refractivity contribution is 7.47. The Hall–Kier alpha value is -5.32. The molecule has 0 heterocycles. The maximum atomic E-state index is 13.1. The van der Waals surface area contributed by atoms with E-state index in [0.717, 1.165) is 128 Å². The number of ether oxygens (including phenoxy) is 4. The molecule has 0 fully saturated rings. The lowest BCUT2D eigenvalue weighted by Crippen LogP contribution is -2.30. The Labute approximate surface area is 642 Å². The minimum atomic E-state index is -5.01. The molecule has 2 unspecified atom stereocenters. The molecule has 5 atom stereocenters. The summed E-state index contributed by atoms with van der Waals surface area (Å²) in [6, 6.07) is 0. The van der Waals surface area contributed by atoms with Crippen molar-refractivity contribution in [1.29, 1.82) is 0 Å². The van der Waals surface area contributed by atoms with Gasteiger partial charge in [-0.25, -0.2) is 9.13 Å². The second kappa shape index (κ2) is 77.8. The summed E-state index contributed by atoms with van der Waals surface area (Å²) >= 11 is 0. The first kappa shape index (κ1) is 101. The number of hydrogen-bond donors (Lipinski definition) is 3. The number of aliphatic hydroxyl groups is 1. The molecule has 19 heteroatoms. The van der Waals surface area contributed by atoms with Crippen LogP contribution < -0.4 is 0 Å². The molecule has 0 aliphatic rings. The number of rotatable bonds is 75. The van der Waals surface area contributed by atoms with Crippen molar-refractivity contribution in [2.75, 3.05) is 39.6 Å². The van der Waals surface area contributed by atoms with Crippen LogP contribution >= 0.6 is 15.6 Å². The highest BCUT2D eigenvalue weighted by Crippen LogP contribution is 2.45. The quantitative estimate of drug-likeness (QED) is 0.0169. The highest BCUT2D eigenvalue weighted by atomic mass is 31.2. The third-order valence-electron chi connectivity index (χ3n) is 16.5. The Bertz CT molecular complexity index is 2630. The summed E-state index contributed by atoms with van der Waals surface area (Å²) < 4.78 is 68.5. The van der Waals surface area contributed by atoms with Crippen molar-refractivity contribution in [2.24, 2.45) is 0 Å². The Morgan fingerprint density at radius 2 is 0.500 bits per heavy atom. The van der Waals surface area contributed by atoms with E-state index in [1.54, 1.807) is 0 Å². The fourth-order valence-corrected chi connectivity index (χ4v) is 11.9. The maximum Gasteiger partial charge on any atom is 0.472 e. The highest BCUT2D eigenvalue weighted by Gasteiger charge is 2.30. The Morgan fingerprint density at radius 3 is 0.821 bits per heavy atom. The van der Waals surface area contributed by atoms with Crippen LogP contribution in [0.15, 0.2) is 158 Å². The molecule has 106 heavy (non-hydrogen) atoms. The predicted octanol–water partition coefficient (Wildman–Crippen LogP) is 24.0. The molecule has 0 aromatic rings. The lowest BCUT2D eigenvalue weighted by molar-refractivity contribution is -0.161. The molecule has 0 amide bonds. The summed E-state index contributed by atoms with van der Waals surface area (Å²) in [6.07, 6.45) is 90.9. The van der Waals surface area contributed by atoms with Gasteiger partial charge >= 0.3 is 39.5 Å². The van der Waals surface area contributed by atoms with Crippen molar-refractivity contribution < 1.29 is 80.2 Å². The molecule has 17 nitrogen and oxygen atoms in total. The number of carbonyl (C=O) groups excluding carboxylic acids is 4. The normalized spacial score (nSPS) is 14.7.